The van der Waals surface area contributed by atoms with Crippen molar-refractivity contribution in [3.8, 4) is 0 Å². The summed E-state index contributed by atoms with van der Waals surface area (Å²) >= 11 is 6.45. The molecule has 0 spiro atoms. The number of piperazine rings is 1. The normalized spacial score (nSPS) is 19.4. The zero-order valence-corrected chi connectivity index (χ0v) is 21.7. The topological polar surface area (TPSA) is 23.6 Å². The highest BCUT2D eigenvalue weighted by Gasteiger charge is 2.37. The first kappa shape index (κ1) is 28.9. The SMILES string of the molecule is O=C(CCc1cc(C(F)(F)F)cc(C(F)(F)F)c1)C(c1ccccc1Cl)N1CCN(C2CCCCC2)CC1. The van der Waals surface area contributed by atoms with E-state index in [0.29, 0.717) is 41.9 Å². The van der Waals surface area contributed by atoms with Crippen molar-refractivity contribution in [2.24, 2.45) is 0 Å². The molecule has 2 aromatic carbocycles. The largest absolute Gasteiger partial charge is 0.416 e. The van der Waals surface area contributed by atoms with Gasteiger partial charge in [0.1, 0.15) is 0 Å². The Labute approximate surface area is 223 Å². The van der Waals surface area contributed by atoms with Crippen molar-refractivity contribution in [2.45, 2.75) is 69.4 Å². The van der Waals surface area contributed by atoms with Crippen molar-refractivity contribution in [3.05, 3.63) is 69.7 Å². The maximum Gasteiger partial charge on any atom is 0.416 e. The molecule has 38 heavy (non-hydrogen) atoms. The van der Waals surface area contributed by atoms with E-state index >= 15 is 0 Å². The lowest BCUT2D eigenvalue weighted by molar-refractivity contribution is -0.143. The molecule has 1 unspecified atom stereocenters. The van der Waals surface area contributed by atoms with E-state index in [1.54, 1.807) is 24.3 Å². The zero-order valence-electron chi connectivity index (χ0n) is 20.9. The Morgan fingerprint density at radius 3 is 2.00 bits per heavy atom. The lowest BCUT2D eigenvalue weighted by Gasteiger charge is -2.43. The fourth-order valence-electron chi connectivity index (χ4n) is 5.65. The molecule has 2 aliphatic rings. The smallest absolute Gasteiger partial charge is 0.298 e. The first-order chi connectivity index (χ1) is 17.9. The number of nitrogens with zero attached hydrogens (tertiary/aromatic N) is 2. The predicted molar refractivity (Wildman–Crippen MR) is 134 cm³/mol. The molecule has 3 nitrogen and oxygen atoms in total. The number of aryl methyl sites for hydroxylation is 1. The summed E-state index contributed by atoms with van der Waals surface area (Å²) < 4.78 is 79.7. The van der Waals surface area contributed by atoms with Crippen LogP contribution in [0.3, 0.4) is 0 Å². The molecule has 4 rings (SSSR count). The van der Waals surface area contributed by atoms with E-state index in [9.17, 15) is 31.1 Å². The number of hydrogen-bond donors (Lipinski definition) is 0. The van der Waals surface area contributed by atoms with Crippen molar-refractivity contribution in [1.29, 1.82) is 0 Å². The molecule has 2 aromatic rings. The summed E-state index contributed by atoms with van der Waals surface area (Å²) in [5, 5.41) is 0.402. The van der Waals surface area contributed by atoms with Crippen molar-refractivity contribution in [3.63, 3.8) is 0 Å². The monoisotopic (exact) mass is 560 g/mol. The zero-order chi connectivity index (χ0) is 27.5. The highest BCUT2D eigenvalue weighted by atomic mass is 35.5. The van der Waals surface area contributed by atoms with Gasteiger partial charge in [-0.15, -0.1) is 0 Å². The molecule has 10 heteroatoms. The molecule has 0 N–H and O–H groups in total. The van der Waals surface area contributed by atoms with Crippen LogP contribution in [-0.4, -0.2) is 47.8 Å². The molecular formula is C28H31ClF6N2O. The summed E-state index contributed by atoms with van der Waals surface area (Å²) in [5.41, 5.74) is -2.33. The number of hydrogen-bond acceptors (Lipinski definition) is 3. The molecule has 0 aromatic heterocycles. The van der Waals surface area contributed by atoms with Crippen molar-refractivity contribution in [2.75, 3.05) is 26.2 Å². The first-order valence-corrected chi connectivity index (χ1v) is 13.3. The van der Waals surface area contributed by atoms with Crippen LogP contribution in [0.4, 0.5) is 26.3 Å². The third-order valence-electron chi connectivity index (χ3n) is 7.62. The van der Waals surface area contributed by atoms with E-state index in [1.807, 2.05) is 4.90 Å². The van der Waals surface area contributed by atoms with Crippen LogP contribution in [0.25, 0.3) is 0 Å². The summed E-state index contributed by atoms with van der Waals surface area (Å²) in [5.74, 6) is -0.282. The van der Waals surface area contributed by atoms with Gasteiger partial charge in [0.15, 0.2) is 5.78 Å². The first-order valence-electron chi connectivity index (χ1n) is 13.0. The molecule has 1 aliphatic heterocycles. The number of ketones is 1. The van der Waals surface area contributed by atoms with Crippen LogP contribution in [-0.2, 0) is 23.6 Å². The van der Waals surface area contributed by atoms with E-state index in [0.717, 1.165) is 13.1 Å². The molecule has 1 aliphatic carbocycles. The van der Waals surface area contributed by atoms with Gasteiger partial charge in [0, 0.05) is 43.7 Å². The Hall–Kier alpha value is -2.10. The van der Waals surface area contributed by atoms with Crippen LogP contribution >= 0.6 is 11.6 Å². The van der Waals surface area contributed by atoms with E-state index in [2.05, 4.69) is 4.90 Å². The van der Waals surface area contributed by atoms with Crippen molar-refractivity contribution < 1.29 is 31.1 Å². The molecular weight excluding hydrogens is 530 g/mol. The fourth-order valence-corrected chi connectivity index (χ4v) is 5.88. The Kier molecular flexibility index (Phi) is 9.10. The van der Waals surface area contributed by atoms with E-state index in [-0.39, 0.29) is 30.3 Å². The van der Waals surface area contributed by atoms with Gasteiger partial charge >= 0.3 is 12.4 Å². The van der Waals surface area contributed by atoms with E-state index in [4.69, 9.17) is 11.6 Å². The lowest BCUT2D eigenvalue weighted by atomic mass is 9.92. The molecule has 1 saturated heterocycles. The maximum absolute atomic E-state index is 13.6. The van der Waals surface area contributed by atoms with E-state index < -0.39 is 29.5 Å². The molecule has 1 saturated carbocycles. The Morgan fingerprint density at radius 1 is 0.868 bits per heavy atom. The van der Waals surface area contributed by atoms with Gasteiger partial charge in [-0.1, -0.05) is 49.1 Å². The minimum absolute atomic E-state index is 0.101. The number of Topliss-reactive ketones (excluding diaryl/α,β-unsaturated/α-hetero) is 1. The molecule has 0 bridgehead atoms. The number of carbonyl (C=O) groups is 1. The van der Waals surface area contributed by atoms with Crippen LogP contribution in [0, 0.1) is 0 Å². The fraction of sp³-hybridized carbons (Fsp3) is 0.536. The summed E-state index contributed by atoms with van der Waals surface area (Å²) in [6.45, 7) is 2.84. The highest BCUT2D eigenvalue weighted by molar-refractivity contribution is 6.31. The molecule has 1 atom stereocenters. The second-order valence-electron chi connectivity index (χ2n) is 10.2. The standard InChI is InChI=1S/C28H31ClF6N2O/c29-24-9-5-4-8-23(24)26(37-14-12-36(13-15-37)22-6-2-1-3-7-22)25(38)11-10-19-16-20(27(30,31)32)18-21(17-19)28(33,34)35/h4-5,8-9,16-18,22,26H,1-3,6-7,10-15H2. The Bertz CT molecular complexity index is 1070. The van der Waals surface area contributed by atoms with Gasteiger partial charge in [-0.3, -0.25) is 14.6 Å². The van der Waals surface area contributed by atoms with Crippen LogP contribution in [0.15, 0.2) is 42.5 Å². The van der Waals surface area contributed by atoms with Crippen LogP contribution in [0.5, 0.6) is 0 Å². The van der Waals surface area contributed by atoms with Gasteiger partial charge in [0.25, 0.3) is 0 Å². The highest BCUT2D eigenvalue weighted by Crippen LogP contribution is 2.37. The van der Waals surface area contributed by atoms with Crippen LogP contribution < -0.4 is 0 Å². The molecule has 208 valence electrons. The summed E-state index contributed by atoms with van der Waals surface area (Å²) in [7, 11) is 0. The van der Waals surface area contributed by atoms with Gasteiger partial charge in [0.2, 0.25) is 0 Å². The van der Waals surface area contributed by atoms with Gasteiger partial charge in [-0.05, 0) is 54.7 Å². The van der Waals surface area contributed by atoms with Gasteiger partial charge < -0.3 is 0 Å². The quantitative estimate of drug-likeness (QED) is 0.326. The van der Waals surface area contributed by atoms with Crippen molar-refractivity contribution in [1.82, 2.24) is 9.80 Å². The number of benzene rings is 2. The molecule has 1 heterocycles. The summed E-state index contributed by atoms with van der Waals surface area (Å²) in [6.07, 6.45) is -4.28. The maximum atomic E-state index is 13.6. The lowest BCUT2D eigenvalue weighted by Crippen LogP contribution is -2.52. The van der Waals surface area contributed by atoms with Gasteiger partial charge in [-0.2, -0.15) is 26.3 Å². The predicted octanol–water partition coefficient (Wildman–Crippen LogP) is 7.57. The summed E-state index contributed by atoms with van der Waals surface area (Å²) in [4.78, 5) is 18.1. The second kappa shape index (κ2) is 12.0. The van der Waals surface area contributed by atoms with E-state index in [1.165, 1.54) is 32.1 Å². The number of rotatable bonds is 7. The Morgan fingerprint density at radius 2 is 1.45 bits per heavy atom. The average molecular weight is 561 g/mol. The molecule has 0 amide bonds. The third kappa shape index (κ3) is 7.10. The summed E-state index contributed by atoms with van der Waals surface area (Å²) in [6, 6.07) is 8.25. The third-order valence-corrected chi connectivity index (χ3v) is 7.96. The number of alkyl halides is 6. The van der Waals surface area contributed by atoms with Crippen molar-refractivity contribution >= 4 is 17.4 Å². The average Bonchev–Trinajstić information content (AvgIpc) is 2.88. The molecule has 2 fully saturated rings. The number of halogens is 7. The second-order valence-corrected chi connectivity index (χ2v) is 10.6. The molecule has 0 radical (unpaired) electrons. The number of carbonyl (C=O) groups excluding carboxylic acids is 1. The minimum atomic E-state index is -4.93. The van der Waals surface area contributed by atoms with Gasteiger partial charge in [-0.25, -0.2) is 0 Å². The minimum Gasteiger partial charge on any atom is -0.298 e. The van der Waals surface area contributed by atoms with Crippen LogP contribution in [0.1, 0.15) is 66.8 Å². The Balaban J connectivity index is 1.52. The van der Waals surface area contributed by atoms with Crippen LogP contribution in [0.2, 0.25) is 5.02 Å². The van der Waals surface area contributed by atoms with Gasteiger partial charge in [0.05, 0.1) is 17.2 Å².